The molecule has 0 radical (unpaired) electrons. The number of hydrogen-bond donors (Lipinski definition) is 2. The third-order valence-corrected chi connectivity index (χ3v) is 3.83. The van der Waals surface area contributed by atoms with Crippen molar-refractivity contribution in [2.45, 2.75) is 65.8 Å². The van der Waals surface area contributed by atoms with Crippen LogP contribution in [-0.4, -0.2) is 11.1 Å². The molecule has 0 bridgehead atoms. The molecule has 0 saturated heterocycles. The molecule has 1 aliphatic carbocycles. The van der Waals surface area contributed by atoms with Crippen molar-refractivity contribution >= 4 is 0 Å². The van der Waals surface area contributed by atoms with Crippen molar-refractivity contribution in [3.63, 3.8) is 0 Å². The lowest BCUT2D eigenvalue weighted by Gasteiger charge is -2.33. The third kappa shape index (κ3) is 3.63. The van der Waals surface area contributed by atoms with Crippen LogP contribution in [0.3, 0.4) is 0 Å². The van der Waals surface area contributed by atoms with E-state index in [9.17, 15) is 0 Å². The molecule has 0 aliphatic heterocycles. The highest BCUT2D eigenvalue weighted by Gasteiger charge is 2.23. The van der Waals surface area contributed by atoms with E-state index in [-0.39, 0.29) is 0 Å². The van der Waals surface area contributed by atoms with E-state index in [0.717, 1.165) is 12.1 Å². The molecule has 0 spiro atoms. The maximum Gasteiger partial charge on any atom is 0.0484 e. The Labute approximate surface area is 106 Å². The lowest BCUT2D eigenvalue weighted by molar-refractivity contribution is 0.260. The molecular formula is C14H29N3. The van der Waals surface area contributed by atoms with E-state index in [1.54, 1.807) is 0 Å². The first-order valence-electron chi connectivity index (χ1n) is 6.97. The summed E-state index contributed by atoms with van der Waals surface area (Å²) >= 11 is 0. The van der Waals surface area contributed by atoms with Gasteiger partial charge in [0.1, 0.15) is 0 Å². The Morgan fingerprint density at radius 3 is 2.29 bits per heavy atom. The van der Waals surface area contributed by atoms with E-state index in [4.69, 9.17) is 11.6 Å². The molecule has 3 nitrogen and oxygen atoms in total. The van der Waals surface area contributed by atoms with Gasteiger partial charge in [0.05, 0.1) is 0 Å². The predicted octanol–water partition coefficient (Wildman–Crippen LogP) is 2.98. The molecule has 100 valence electrons. The summed E-state index contributed by atoms with van der Waals surface area (Å²) in [7, 11) is 0. The van der Waals surface area contributed by atoms with E-state index in [0.29, 0.717) is 17.9 Å². The van der Waals surface area contributed by atoms with Crippen molar-refractivity contribution in [2.24, 2.45) is 23.4 Å². The Bertz CT molecular complexity index is 269. The zero-order valence-electron chi connectivity index (χ0n) is 11.9. The molecule has 4 N–H and O–H groups in total. The Morgan fingerprint density at radius 2 is 1.76 bits per heavy atom. The van der Waals surface area contributed by atoms with Gasteiger partial charge in [-0.2, -0.15) is 0 Å². The fourth-order valence-electron chi connectivity index (χ4n) is 2.63. The summed E-state index contributed by atoms with van der Waals surface area (Å²) in [5, 5.41) is 1.87. The first kappa shape index (κ1) is 14.4. The van der Waals surface area contributed by atoms with Crippen LogP contribution in [0.5, 0.6) is 0 Å². The molecule has 0 heterocycles. The molecule has 1 unspecified atom stereocenters. The summed E-state index contributed by atoms with van der Waals surface area (Å²) in [5.74, 6) is 7.26. The van der Waals surface area contributed by atoms with Crippen molar-refractivity contribution in [1.82, 2.24) is 5.01 Å². The van der Waals surface area contributed by atoms with Crippen LogP contribution in [0.2, 0.25) is 0 Å². The van der Waals surface area contributed by atoms with Crippen LogP contribution in [0, 0.1) is 11.8 Å². The van der Waals surface area contributed by atoms with Crippen LogP contribution in [0.4, 0.5) is 0 Å². The quantitative estimate of drug-likeness (QED) is 0.588. The number of hydrazine groups is 1. The van der Waals surface area contributed by atoms with Gasteiger partial charge < -0.3 is 10.7 Å². The van der Waals surface area contributed by atoms with Crippen molar-refractivity contribution in [1.29, 1.82) is 0 Å². The molecule has 1 aliphatic rings. The number of hydrogen-bond acceptors (Lipinski definition) is 3. The van der Waals surface area contributed by atoms with E-state index >= 15 is 0 Å². The zero-order valence-corrected chi connectivity index (χ0v) is 11.9. The first-order valence-corrected chi connectivity index (χ1v) is 6.97. The van der Waals surface area contributed by atoms with Crippen molar-refractivity contribution in [3.8, 4) is 0 Å². The Hall–Kier alpha value is -0.700. The average Bonchev–Trinajstić information content (AvgIpc) is 2.22. The minimum atomic E-state index is 0.316. The van der Waals surface area contributed by atoms with Gasteiger partial charge in [0.25, 0.3) is 0 Å². The van der Waals surface area contributed by atoms with Crippen LogP contribution in [0.15, 0.2) is 11.4 Å². The fourth-order valence-corrected chi connectivity index (χ4v) is 2.63. The van der Waals surface area contributed by atoms with Crippen LogP contribution in [0.1, 0.15) is 59.8 Å². The Morgan fingerprint density at radius 1 is 1.12 bits per heavy atom. The molecule has 1 atom stereocenters. The van der Waals surface area contributed by atoms with Gasteiger partial charge in [-0.3, -0.25) is 0 Å². The molecule has 0 amide bonds. The summed E-state index contributed by atoms with van der Waals surface area (Å²) in [6.07, 6.45) is 6.04. The lowest BCUT2D eigenvalue weighted by Crippen LogP contribution is -2.39. The highest BCUT2D eigenvalue weighted by molar-refractivity contribution is 5.14. The van der Waals surface area contributed by atoms with Gasteiger partial charge in [-0.1, -0.05) is 26.7 Å². The first-order chi connectivity index (χ1) is 7.95. The van der Waals surface area contributed by atoms with E-state index < -0.39 is 0 Å². The fraction of sp³-hybridized carbons (Fsp3) is 0.857. The largest absolute Gasteiger partial charge is 0.400 e. The van der Waals surface area contributed by atoms with E-state index in [1.165, 1.54) is 31.4 Å². The lowest BCUT2D eigenvalue weighted by atomic mass is 9.84. The molecule has 17 heavy (non-hydrogen) atoms. The van der Waals surface area contributed by atoms with Gasteiger partial charge in [0.15, 0.2) is 0 Å². The summed E-state index contributed by atoms with van der Waals surface area (Å²) in [5.41, 5.74) is 8.61. The van der Waals surface area contributed by atoms with Crippen molar-refractivity contribution in [2.75, 3.05) is 0 Å². The zero-order chi connectivity index (χ0) is 13.0. The Balaban J connectivity index is 2.99. The Kier molecular flexibility index (Phi) is 5.31. The molecule has 0 aromatic rings. The summed E-state index contributed by atoms with van der Waals surface area (Å²) in [6.45, 7) is 8.74. The van der Waals surface area contributed by atoms with Gasteiger partial charge >= 0.3 is 0 Å². The van der Waals surface area contributed by atoms with Gasteiger partial charge in [-0.15, -0.1) is 0 Å². The number of allylic oxidation sites excluding steroid dienone is 2. The van der Waals surface area contributed by atoms with Gasteiger partial charge in [0.2, 0.25) is 0 Å². The maximum absolute atomic E-state index is 6.39. The van der Waals surface area contributed by atoms with Gasteiger partial charge in [0, 0.05) is 23.4 Å². The maximum atomic E-state index is 6.39. The monoisotopic (exact) mass is 239 g/mol. The molecular weight excluding hydrogens is 210 g/mol. The van der Waals surface area contributed by atoms with Crippen LogP contribution in [-0.2, 0) is 0 Å². The average molecular weight is 239 g/mol. The standard InChI is InChI=1S/C14H29N3/c1-10(2)12-8-6-5-7-9-13(14(12)15)17(16)11(3)4/h10-12H,5-9,15-16H2,1-4H3. The van der Waals surface area contributed by atoms with Crippen molar-refractivity contribution < 1.29 is 0 Å². The smallest absolute Gasteiger partial charge is 0.0484 e. The summed E-state index contributed by atoms with van der Waals surface area (Å²) < 4.78 is 0. The minimum Gasteiger partial charge on any atom is -0.400 e. The predicted molar refractivity (Wildman–Crippen MR) is 73.8 cm³/mol. The number of rotatable bonds is 3. The second-order valence-corrected chi connectivity index (χ2v) is 5.85. The molecule has 3 heteroatoms. The van der Waals surface area contributed by atoms with Crippen LogP contribution < -0.4 is 11.6 Å². The normalized spacial score (nSPS) is 22.9. The summed E-state index contributed by atoms with van der Waals surface area (Å²) in [4.78, 5) is 0. The highest BCUT2D eigenvalue weighted by atomic mass is 15.4. The van der Waals surface area contributed by atoms with Gasteiger partial charge in [-0.25, -0.2) is 5.84 Å². The van der Waals surface area contributed by atoms with E-state index in [2.05, 4.69) is 27.7 Å². The molecule has 1 rings (SSSR count). The number of nitrogens with two attached hydrogens (primary N) is 2. The summed E-state index contributed by atoms with van der Waals surface area (Å²) in [6, 6.07) is 0.316. The second-order valence-electron chi connectivity index (χ2n) is 5.85. The van der Waals surface area contributed by atoms with Crippen molar-refractivity contribution in [3.05, 3.63) is 11.4 Å². The van der Waals surface area contributed by atoms with Crippen LogP contribution >= 0.6 is 0 Å². The van der Waals surface area contributed by atoms with E-state index in [1.807, 2.05) is 5.01 Å². The van der Waals surface area contributed by atoms with Gasteiger partial charge in [-0.05, 0) is 39.0 Å². The SMILES string of the molecule is CC(C)C1CCCCCC(N(N)C(C)C)=C1N. The molecule has 0 saturated carbocycles. The van der Waals surface area contributed by atoms with Crippen LogP contribution in [0.25, 0.3) is 0 Å². The minimum absolute atomic E-state index is 0.316. The molecule has 0 fully saturated rings. The third-order valence-electron chi connectivity index (χ3n) is 3.83. The topological polar surface area (TPSA) is 55.3 Å². The molecule has 0 aromatic heterocycles. The molecule has 0 aromatic carbocycles. The second kappa shape index (κ2) is 6.29. The number of nitrogens with zero attached hydrogens (tertiary/aromatic N) is 1. The highest BCUT2D eigenvalue weighted by Crippen LogP contribution is 2.31.